The molecule has 0 saturated heterocycles. The predicted molar refractivity (Wildman–Crippen MR) is 90.7 cm³/mol. The molecule has 0 aliphatic heterocycles. The summed E-state index contributed by atoms with van der Waals surface area (Å²) >= 11 is 0. The van der Waals surface area contributed by atoms with Crippen LogP contribution in [0.2, 0.25) is 0 Å². The third kappa shape index (κ3) is 3.27. The van der Waals surface area contributed by atoms with Crippen LogP contribution in [0, 0.1) is 17.6 Å². The summed E-state index contributed by atoms with van der Waals surface area (Å²) in [5.41, 5.74) is -0.359. The Labute approximate surface area is 149 Å². The highest BCUT2D eigenvalue weighted by atomic mass is 19.1. The summed E-state index contributed by atoms with van der Waals surface area (Å²) in [5.74, 6) is -1.34. The van der Waals surface area contributed by atoms with E-state index in [1.165, 1.54) is 11.9 Å². The first kappa shape index (κ1) is 18.3. The van der Waals surface area contributed by atoms with Crippen molar-refractivity contribution in [1.82, 2.24) is 14.9 Å². The number of imidazole rings is 1. The molecule has 1 aliphatic carbocycles. The number of nitrogens with zero attached hydrogens (tertiary/aromatic N) is 2. The molecule has 0 bridgehead atoms. The van der Waals surface area contributed by atoms with Gasteiger partial charge in [0.1, 0.15) is 28.7 Å². The first-order chi connectivity index (χ1) is 12.1. The lowest BCUT2D eigenvalue weighted by molar-refractivity contribution is -0.110. The van der Waals surface area contributed by atoms with E-state index in [0.717, 1.165) is 6.29 Å². The molecule has 1 aromatic carbocycles. The molecule has 1 amide bonds. The number of halogens is 2. The number of amides is 1. The first-order valence-electron chi connectivity index (χ1n) is 8.37. The number of carbonyl (C=O) groups excluding carboxylic acids is 2. The molecule has 1 aromatic heterocycles. The number of aldehydes is 1. The predicted octanol–water partition coefficient (Wildman–Crippen LogP) is 3.12. The second-order valence-corrected chi connectivity index (χ2v) is 7.63. The smallest absolute Gasteiger partial charge is 0.410 e. The van der Waals surface area contributed by atoms with E-state index in [1.54, 1.807) is 20.8 Å². The average Bonchev–Trinajstić information content (AvgIpc) is 3.15. The molecule has 1 N–H and O–H groups in total. The molecule has 0 spiro atoms. The Bertz CT molecular complexity index is 837. The molecule has 8 heteroatoms. The summed E-state index contributed by atoms with van der Waals surface area (Å²) in [4.78, 5) is 31.1. The molecule has 1 unspecified atom stereocenters. The van der Waals surface area contributed by atoms with Gasteiger partial charge in [-0.2, -0.15) is 0 Å². The standard InChI is InChI=1S/C18H21F2N3O3/c1-18(2,3)26-17(25)23(4)7-12-21-15-13(19)10-5-9(8-24)6-11(10)14(20)16(15)22-12/h8-9H,5-7H2,1-4H3,(H,21,22). The zero-order chi connectivity index (χ0) is 19.2. The number of benzene rings is 1. The second-order valence-electron chi connectivity index (χ2n) is 7.63. The van der Waals surface area contributed by atoms with Gasteiger partial charge in [0.2, 0.25) is 0 Å². The Morgan fingerprint density at radius 2 is 1.92 bits per heavy atom. The van der Waals surface area contributed by atoms with Gasteiger partial charge in [0.05, 0.1) is 6.54 Å². The molecule has 140 valence electrons. The molecule has 3 rings (SSSR count). The quantitative estimate of drug-likeness (QED) is 0.848. The van der Waals surface area contributed by atoms with E-state index in [-0.39, 0.29) is 47.4 Å². The summed E-state index contributed by atoms with van der Waals surface area (Å²) in [6.45, 7) is 5.26. The van der Waals surface area contributed by atoms with Crippen molar-refractivity contribution in [2.75, 3.05) is 7.05 Å². The number of carbonyl (C=O) groups is 2. The average molecular weight is 365 g/mol. The number of aromatic nitrogens is 2. The van der Waals surface area contributed by atoms with Crippen molar-refractivity contribution in [3.8, 4) is 0 Å². The number of nitrogens with one attached hydrogen (secondary N) is 1. The van der Waals surface area contributed by atoms with Crippen molar-refractivity contribution < 1.29 is 23.1 Å². The number of ether oxygens (including phenoxy) is 1. The molecular formula is C18H21F2N3O3. The van der Waals surface area contributed by atoms with Crippen LogP contribution in [-0.4, -0.2) is 39.9 Å². The molecule has 1 aliphatic rings. The van der Waals surface area contributed by atoms with Crippen molar-refractivity contribution in [2.45, 2.75) is 45.8 Å². The lowest BCUT2D eigenvalue weighted by atomic mass is 10.1. The fourth-order valence-electron chi connectivity index (χ4n) is 3.12. The Morgan fingerprint density at radius 3 is 2.50 bits per heavy atom. The van der Waals surface area contributed by atoms with Gasteiger partial charge in [-0.1, -0.05) is 0 Å². The minimum Gasteiger partial charge on any atom is -0.444 e. The minimum absolute atomic E-state index is 0.0180. The molecule has 6 nitrogen and oxygen atoms in total. The Hall–Kier alpha value is -2.51. The third-order valence-electron chi connectivity index (χ3n) is 4.29. The van der Waals surface area contributed by atoms with Gasteiger partial charge >= 0.3 is 6.09 Å². The Morgan fingerprint density at radius 1 is 1.31 bits per heavy atom. The van der Waals surface area contributed by atoms with Crippen LogP contribution in [0.25, 0.3) is 11.0 Å². The normalized spacial score (nSPS) is 14.5. The summed E-state index contributed by atoms with van der Waals surface area (Å²) in [6, 6.07) is 0. The summed E-state index contributed by atoms with van der Waals surface area (Å²) in [6.07, 6.45) is 0.526. The van der Waals surface area contributed by atoms with E-state index in [9.17, 15) is 18.4 Å². The van der Waals surface area contributed by atoms with Gasteiger partial charge in [0, 0.05) is 13.0 Å². The van der Waals surface area contributed by atoms with Crippen LogP contribution >= 0.6 is 0 Å². The SMILES string of the molecule is CN(Cc1nc2c(F)c3c(c(F)c2[nH]1)CC(C=O)C3)C(=O)OC(C)(C)C. The maximum absolute atomic E-state index is 14.7. The molecule has 2 aromatic rings. The molecular weight excluding hydrogens is 344 g/mol. The number of rotatable bonds is 3. The van der Waals surface area contributed by atoms with E-state index in [2.05, 4.69) is 9.97 Å². The number of H-pyrrole nitrogens is 1. The largest absolute Gasteiger partial charge is 0.444 e. The van der Waals surface area contributed by atoms with E-state index < -0.39 is 29.2 Å². The topological polar surface area (TPSA) is 75.3 Å². The van der Waals surface area contributed by atoms with Gasteiger partial charge in [0.15, 0.2) is 11.6 Å². The molecule has 0 saturated carbocycles. The lowest BCUT2D eigenvalue weighted by Crippen LogP contribution is -2.34. The summed E-state index contributed by atoms with van der Waals surface area (Å²) < 4.78 is 34.7. The fraction of sp³-hybridized carbons (Fsp3) is 0.500. The van der Waals surface area contributed by atoms with E-state index in [0.29, 0.717) is 0 Å². The highest BCUT2D eigenvalue weighted by Crippen LogP contribution is 2.35. The van der Waals surface area contributed by atoms with Crippen LogP contribution in [0.3, 0.4) is 0 Å². The third-order valence-corrected chi connectivity index (χ3v) is 4.29. The van der Waals surface area contributed by atoms with E-state index in [1.807, 2.05) is 0 Å². The maximum atomic E-state index is 14.7. The van der Waals surface area contributed by atoms with Gasteiger partial charge in [-0.25, -0.2) is 18.6 Å². The zero-order valence-corrected chi connectivity index (χ0v) is 15.2. The van der Waals surface area contributed by atoms with Crippen LogP contribution in [0.1, 0.15) is 37.7 Å². The lowest BCUT2D eigenvalue weighted by Gasteiger charge is -2.24. The van der Waals surface area contributed by atoms with Crippen molar-refractivity contribution in [2.24, 2.45) is 5.92 Å². The maximum Gasteiger partial charge on any atom is 0.410 e. The van der Waals surface area contributed by atoms with Crippen LogP contribution in [0.4, 0.5) is 13.6 Å². The fourth-order valence-corrected chi connectivity index (χ4v) is 3.12. The van der Waals surface area contributed by atoms with Crippen molar-refractivity contribution in [3.05, 3.63) is 28.6 Å². The summed E-state index contributed by atoms with van der Waals surface area (Å²) in [7, 11) is 1.52. The Kier molecular flexibility index (Phi) is 4.46. The monoisotopic (exact) mass is 365 g/mol. The van der Waals surface area contributed by atoms with Crippen LogP contribution in [0.5, 0.6) is 0 Å². The highest BCUT2D eigenvalue weighted by Gasteiger charge is 2.31. The first-order valence-corrected chi connectivity index (χ1v) is 8.37. The van der Waals surface area contributed by atoms with E-state index in [4.69, 9.17) is 4.74 Å². The van der Waals surface area contributed by atoms with Crippen molar-refractivity contribution in [3.63, 3.8) is 0 Å². The van der Waals surface area contributed by atoms with Gasteiger partial charge in [0.25, 0.3) is 0 Å². The van der Waals surface area contributed by atoms with Crippen molar-refractivity contribution in [1.29, 1.82) is 0 Å². The molecule has 0 radical (unpaired) electrons. The zero-order valence-electron chi connectivity index (χ0n) is 15.2. The second kappa shape index (κ2) is 6.34. The van der Waals surface area contributed by atoms with Crippen LogP contribution in [0.15, 0.2) is 0 Å². The van der Waals surface area contributed by atoms with Gasteiger partial charge in [-0.3, -0.25) is 0 Å². The molecule has 26 heavy (non-hydrogen) atoms. The minimum atomic E-state index is -0.645. The van der Waals surface area contributed by atoms with Crippen molar-refractivity contribution >= 4 is 23.4 Å². The molecule has 1 heterocycles. The molecule has 0 fully saturated rings. The molecule has 1 atom stereocenters. The summed E-state index contributed by atoms with van der Waals surface area (Å²) in [5, 5.41) is 0. The number of aromatic amines is 1. The van der Waals surface area contributed by atoms with Gasteiger partial charge < -0.3 is 19.4 Å². The van der Waals surface area contributed by atoms with Gasteiger partial charge in [-0.05, 0) is 44.7 Å². The Balaban J connectivity index is 1.89. The highest BCUT2D eigenvalue weighted by molar-refractivity contribution is 5.80. The number of hydrogen-bond donors (Lipinski definition) is 1. The number of hydrogen-bond acceptors (Lipinski definition) is 4. The van der Waals surface area contributed by atoms with Crippen LogP contribution < -0.4 is 0 Å². The van der Waals surface area contributed by atoms with E-state index >= 15 is 0 Å². The number of fused-ring (bicyclic) bond motifs is 2. The van der Waals surface area contributed by atoms with Crippen LogP contribution in [-0.2, 0) is 28.9 Å². The van der Waals surface area contributed by atoms with Gasteiger partial charge in [-0.15, -0.1) is 0 Å².